The highest BCUT2D eigenvalue weighted by Gasteiger charge is 2.12. The van der Waals surface area contributed by atoms with E-state index in [0.29, 0.717) is 11.6 Å². The molecule has 0 atom stereocenters. The summed E-state index contributed by atoms with van der Waals surface area (Å²) in [5, 5.41) is 3.56. The quantitative estimate of drug-likeness (QED) is 0.895. The lowest BCUT2D eigenvalue weighted by molar-refractivity contribution is -0.116. The fraction of sp³-hybridized carbons (Fsp3) is 0.667. The summed E-state index contributed by atoms with van der Waals surface area (Å²) in [6, 6.07) is 0. The lowest BCUT2D eigenvalue weighted by Gasteiger charge is -2.25. The maximum atomic E-state index is 11.7. The van der Waals surface area contributed by atoms with Crippen LogP contribution in [0.3, 0.4) is 0 Å². The first-order valence-electron chi connectivity index (χ1n) is 6.19. The van der Waals surface area contributed by atoms with Crippen LogP contribution >= 0.6 is 11.3 Å². The molecule has 2 rings (SSSR count). The largest absolute Gasteiger partial charge is 0.303 e. The highest BCUT2D eigenvalue weighted by Crippen LogP contribution is 2.16. The second kappa shape index (κ2) is 6.12. The van der Waals surface area contributed by atoms with E-state index in [0.717, 1.165) is 24.5 Å². The first kappa shape index (κ1) is 12.5. The predicted octanol–water partition coefficient (Wildman–Crippen LogP) is 2.27. The predicted molar refractivity (Wildman–Crippen MR) is 70.4 cm³/mol. The van der Waals surface area contributed by atoms with Gasteiger partial charge >= 0.3 is 0 Å². The van der Waals surface area contributed by atoms with Crippen molar-refractivity contribution in [2.24, 2.45) is 0 Å². The molecule has 1 aromatic rings. The molecular formula is C12H19N3OS. The topological polar surface area (TPSA) is 45.2 Å². The first-order chi connectivity index (χ1) is 8.24. The zero-order chi connectivity index (χ0) is 12.1. The Hall–Kier alpha value is -0.940. The van der Waals surface area contributed by atoms with E-state index in [4.69, 9.17) is 0 Å². The standard InChI is InChI=1S/C12H19N3OS/c1-10-9-13-12(17-10)14-11(16)5-8-15-6-3-2-4-7-15/h9H,2-8H2,1H3,(H,13,14,16). The van der Waals surface area contributed by atoms with Gasteiger partial charge in [0.1, 0.15) is 0 Å². The molecule has 1 amide bonds. The van der Waals surface area contributed by atoms with Crippen LogP contribution in [-0.2, 0) is 4.79 Å². The van der Waals surface area contributed by atoms with Crippen molar-refractivity contribution in [1.29, 1.82) is 0 Å². The average Bonchev–Trinajstić information content (AvgIpc) is 2.73. The number of carbonyl (C=O) groups excluding carboxylic acids is 1. The van der Waals surface area contributed by atoms with Gasteiger partial charge in [-0.1, -0.05) is 6.42 Å². The number of aromatic nitrogens is 1. The van der Waals surface area contributed by atoms with Crippen LogP contribution in [0.5, 0.6) is 0 Å². The Kier molecular flexibility index (Phi) is 4.50. The molecule has 0 bridgehead atoms. The lowest BCUT2D eigenvalue weighted by atomic mass is 10.1. The SMILES string of the molecule is Cc1cnc(NC(=O)CCN2CCCCC2)s1. The molecule has 1 aromatic heterocycles. The van der Waals surface area contributed by atoms with Crippen LogP contribution < -0.4 is 5.32 Å². The zero-order valence-electron chi connectivity index (χ0n) is 10.2. The van der Waals surface area contributed by atoms with E-state index in [1.165, 1.54) is 30.6 Å². The second-order valence-corrected chi connectivity index (χ2v) is 5.71. The molecule has 94 valence electrons. The molecule has 0 saturated carbocycles. The molecule has 2 heterocycles. The molecule has 17 heavy (non-hydrogen) atoms. The molecule has 1 fully saturated rings. The molecule has 5 heteroatoms. The monoisotopic (exact) mass is 253 g/mol. The number of aryl methyl sites for hydroxylation is 1. The van der Waals surface area contributed by atoms with Gasteiger partial charge in [0.25, 0.3) is 0 Å². The molecule has 1 aliphatic heterocycles. The van der Waals surface area contributed by atoms with E-state index in [1.807, 2.05) is 6.92 Å². The average molecular weight is 253 g/mol. The van der Waals surface area contributed by atoms with Gasteiger partial charge in [-0.25, -0.2) is 4.98 Å². The summed E-state index contributed by atoms with van der Waals surface area (Å²) in [5.74, 6) is 0.0740. The highest BCUT2D eigenvalue weighted by atomic mass is 32.1. The fourth-order valence-corrected chi connectivity index (χ4v) is 2.72. The molecule has 0 unspecified atom stereocenters. The van der Waals surface area contributed by atoms with E-state index in [1.54, 1.807) is 6.20 Å². The molecular weight excluding hydrogens is 234 g/mol. The minimum Gasteiger partial charge on any atom is -0.303 e. The van der Waals surface area contributed by atoms with Gasteiger partial charge in [-0.2, -0.15) is 0 Å². The molecule has 0 radical (unpaired) electrons. The van der Waals surface area contributed by atoms with Crippen molar-refractivity contribution in [3.63, 3.8) is 0 Å². The van der Waals surface area contributed by atoms with Crippen molar-refractivity contribution in [3.05, 3.63) is 11.1 Å². The number of hydrogen-bond donors (Lipinski definition) is 1. The van der Waals surface area contributed by atoms with E-state index in [2.05, 4.69) is 15.2 Å². The van der Waals surface area contributed by atoms with Crippen molar-refractivity contribution in [2.75, 3.05) is 25.0 Å². The third-order valence-corrected chi connectivity index (χ3v) is 3.80. The summed E-state index contributed by atoms with van der Waals surface area (Å²) in [5.41, 5.74) is 0. The van der Waals surface area contributed by atoms with Crippen LogP contribution in [0.15, 0.2) is 6.20 Å². The van der Waals surface area contributed by atoms with Crippen LogP contribution in [0.1, 0.15) is 30.6 Å². The lowest BCUT2D eigenvalue weighted by Crippen LogP contribution is -2.32. The first-order valence-corrected chi connectivity index (χ1v) is 7.00. The van der Waals surface area contributed by atoms with Gasteiger partial charge in [0.05, 0.1) is 0 Å². The molecule has 0 aliphatic carbocycles. The van der Waals surface area contributed by atoms with E-state index in [-0.39, 0.29) is 5.91 Å². The van der Waals surface area contributed by atoms with Crippen LogP contribution in [0.2, 0.25) is 0 Å². The number of piperidine rings is 1. The Morgan fingerprint density at radius 1 is 1.47 bits per heavy atom. The minimum atomic E-state index is 0.0740. The number of nitrogens with one attached hydrogen (secondary N) is 1. The fourth-order valence-electron chi connectivity index (χ4n) is 2.04. The molecule has 0 spiro atoms. The van der Waals surface area contributed by atoms with Gasteiger partial charge in [0.15, 0.2) is 5.13 Å². The molecule has 1 saturated heterocycles. The number of rotatable bonds is 4. The number of hydrogen-bond acceptors (Lipinski definition) is 4. The molecule has 1 aliphatic rings. The van der Waals surface area contributed by atoms with Crippen LogP contribution in [0.4, 0.5) is 5.13 Å². The summed E-state index contributed by atoms with van der Waals surface area (Å²) in [6.45, 7) is 5.14. The van der Waals surface area contributed by atoms with Crippen molar-refractivity contribution < 1.29 is 4.79 Å². The molecule has 1 N–H and O–H groups in total. The van der Waals surface area contributed by atoms with Gasteiger partial charge in [0, 0.05) is 24.0 Å². The molecule has 4 nitrogen and oxygen atoms in total. The Morgan fingerprint density at radius 3 is 2.88 bits per heavy atom. The second-order valence-electron chi connectivity index (χ2n) is 4.48. The Balaban J connectivity index is 1.70. The van der Waals surface area contributed by atoms with Gasteiger partial charge in [-0.3, -0.25) is 4.79 Å². The van der Waals surface area contributed by atoms with E-state index < -0.39 is 0 Å². The zero-order valence-corrected chi connectivity index (χ0v) is 11.1. The van der Waals surface area contributed by atoms with Gasteiger partial charge in [-0.05, 0) is 32.9 Å². The Bertz CT molecular complexity index is 372. The normalized spacial score (nSPS) is 17.0. The molecule has 0 aromatic carbocycles. The van der Waals surface area contributed by atoms with Crippen molar-refractivity contribution in [1.82, 2.24) is 9.88 Å². The Morgan fingerprint density at radius 2 is 2.24 bits per heavy atom. The number of carbonyl (C=O) groups is 1. The smallest absolute Gasteiger partial charge is 0.227 e. The Labute approximate surface area is 106 Å². The van der Waals surface area contributed by atoms with Gasteiger partial charge in [0.2, 0.25) is 5.91 Å². The van der Waals surface area contributed by atoms with Crippen LogP contribution in [0, 0.1) is 6.92 Å². The summed E-state index contributed by atoms with van der Waals surface area (Å²) in [7, 11) is 0. The minimum absolute atomic E-state index is 0.0740. The van der Waals surface area contributed by atoms with E-state index >= 15 is 0 Å². The summed E-state index contributed by atoms with van der Waals surface area (Å²) >= 11 is 1.52. The van der Waals surface area contributed by atoms with Crippen LogP contribution in [0.25, 0.3) is 0 Å². The van der Waals surface area contributed by atoms with Gasteiger partial charge in [-0.15, -0.1) is 11.3 Å². The number of anilines is 1. The number of nitrogens with zero attached hydrogens (tertiary/aromatic N) is 2. The maximum absolute atomic E-state index is 11.7. The third-order valence-electron chi connectivity index (χ3n) is 2.97. The van der Waals surface area contributed by atoms with E-state index in [9.17, 15) is 4.79 Å². The summed E-state index contributed by atoms with van der Waals surface area (Å²) < 4.78 is 0. The van der Waals surface area contributed by atoms with Crippen molar-refractivity contribution in [3.8, 4) is 0 Å². The van der Waals surface area contributed by atoms with Crippen molar-refractivity contribution >= 4 is 22.4 Å². The number of amides is 1. The summed E-state index contributed by atoms with van der Waals surface area (Å²) in [4.78, 5) is 19.3. The summed E-state index contributed by atoms with van der Waals surface area (Å²) in [6.07, 6.45) is 6.23. The number of thiazole rings is 1. The maximum Gasteiger partial charge on any atom is 0.227 e. The van der Waals surface area contributed by atoms with Crippen molar-refractivity contribution in [2.45, 2.75) is 32.6 Å². The van der Waals surface area contributed by atoms with Gasteiger partial charge < -0.3 is 10.2 Å². The third kappa shape index (κ3) is 4.09. The van der Waals surface area contributed by atoms with Crippen LogP contribution in [-0.4, -0.2) is 35.4 Å². The number of likely N-dealkylation sites (tertiary alicyclic amines) is 1. The highest BCUT2D eigenvalue weighted by molar-refractivity contribution is 7.15.